The van der Waals surface area contributed by atoms with Crippen LogP contribution in [0.3, 0.4) is 0 Å². The monoisotopic (exact) mass is 574 g/mol. The first kappa shape index (κ1) is 28.4. The first-order chi connectivity index (χ1) is 21.0. The highest BCUT2D eigenvalue weighted by molar-refractivity contribution is 6.08. The van der Waals surface area contributed by atoms with Crippen LogP contribution in [0.2, 0.25) is 0 Å². The average Bonchev–Trinajstić information content (AvgIpc) is 3.05. The van der Waals surface area contributed by atoms with Gasteiger partial charge < -0.3 is 10.2 Å². The number of pyridine rings is 1. The topological polar surface area (TPSA) is 57.6 Å². The van der Waals surface area contributed by atoms with Crippen molar-refractivity contribution >= 4 is 22.4 Å². The molecule has 5 aromatic rings. The van der Waals surface area contributed by atoms with Gasteiger partial charge in [-0.2, -0.15) is 0 Å². The molecular formula is C36H35FN4O2. The van der Waals surface area contributed by atoms with Crippen molar-refractivity contribution in [2.75, 3.05) is 31.1 Å². The smallest absolute Gasteiger partial charge is 0.263 e. The third-order valence-corrected chi connectivity index (χ3v) is 8.28. The van der Waals surface area contributed by atoms with Crippen LogP contribution < -0.4 is 15.8 Å². The minimum absolute atomic E-state index is 0.145. The summed E-state index contributed by atoms with van der Waals surface area (Å²) in [7, 11) is 0. The summed E-state index contributed by atoms with van der Waals surface area (Å²) in [5, 5.41) is 4.45. The highest BCUT2D eigenvalue weighted by Crippen LogP contribution is 2.27. The molecule has 0 saturated carbocycles. The zero-order valence-corrected chi connectivity index (χ0v) is 24.2. The second-order valence-corrected chi connectivity index (χ2v) is 10.9. The van der Waals surface area contributed by atoms with E-state index in [1.165, 1.54) is 12.1 Å². The number of halogens is 1. The lowest BCUT2D eigenvalue weighted by molar-refractivity contribution is 0.0934. The standard InChI is InChI=1S/C36H35FN4O2/c1-2-32(26-11-5-3-6-12-26)38-35(42)34-30-15-9-10-16-31(30)36(43)41(29-13-7-4-8-14-29)33(34)25-39-21-23-40(24-22-39)28-19-17-27(37)18-20-28/h3-20,32H,2,21-25H2,1H3,(H,38,42)/t32-/m0/s1. The van der Waals surface area contributed by atoms with Gasteiger partial charge in [0.15, 0.2) is 0 Å². The van der Waals surface area contributed by atoms with E-state index >= 15 is 0 Å². The molecule has 0 radical (unpaired) electrons. The van der Waals surface area contributed by atoms with E-state index in [2.05, 4.69) is 22.0 Å². The Kier molecular flexibility index (Phi) is 8.34. The van der Waals surface area contributed by atoms with Crippen molar-refractivity contribution in [3.63, 3.8) is 0 Å². The number of fused-ring (bicyclic) bond motifs is 1. The molecule has 1 aliphatic heterocycles. The third-order valence-electron chi connectivity index (χ3n) is 8.28. The minimum atomic E-state index is -0.249. The van der Waals surface area contributed by atoms with Gasteiger partial charge in [-0.3, -0.25) is 19.1 Å². The van der Waals surface area contributed by atoms with Crippen molar-refractivity contribution in [2.24, 2.45) is 0 Å². The van der Waals surface area contributed by atoms with Crippen LogP contribution in [0.15, 0.2) is 114 Å². The summed E-state index contributed by atoms with van der Waals surface area (Å²) in [6.07, 6.45) is 0.729. The molecule has 0 bridgehead atoms. The second-order valence-electron chi connectivity index (χ2n) is 10.9. The Morgan fingerprint density at radius 3 is 2.02 bits per heavy atom. The normalized spacial score (nSPS) is 14.5. The molecule has 1 amide bonds. The molecule has 7 heteroatoms. The Labute approximate surface area is 251 Å². The fourth-order valence-electron chi connectivity index (χ4n) is 6.02. The first-order valence-electron chi connectivity index (χ1n) is 14.8. The van der Waals surface area contributed by atoms with Crippen molar-refractivity contribution < 1.29 is 9.18 Å². The number of para-hydroxylation sites is 1. The quantitative estimate of drug-likeness (QED) is 0.235. The lowest BCUT2D eigenvalue weighted by Crippen LogP contribution is -2.47. The van der Waals surface area contributed by atoms with E-state index in [4.69, 9.17) is 0 Å². The molecule has 4 aromatic carbocycles. The lowest BCUT2D eigenvalue weighted by atomic mass is 9.99. The zero-order valence-electron chi connectivity index (χ0n) is 24.2. The van der Waals surface area contributed by atoms with Crippen LogP contribution in [-0.2, 0) is 6.54 Å². The van der Waals surface area contributed by atoms with Crippen molar-refractivity contribution in [2.45, 2.75) is 25.9 Å². The van der Waals surface area contributed by atoms with Gasteiger partial charge in [0.2, 0.25) is 0 Å². The molecule has 1 N–H and O–H groups in total. The van der Waals surface area contributed by atoms with Gasteiger partial charge in [0.1, 0.15) is 5.82 Å². The van der Waals surface area contributed by atoms with Gasteiger partial charge in [-0.25, -0.2) is 4.39 Å². The Hall–Kier alpha value is -4.75. The summed E-state index contributed by atoms with van der Waals surface area (Å²) in [5.74, 6) is -0.447. The van der Waals surface area contributed by atoms with Crippen LogP contribution in [0.1, 0.15) is 41.0 Å². The molecule has 1 saturated heterocycles. The third kappa shape index (κ3) is 5.94. The van der Waals surface area contributed by atoms with Gasteiger partial charge in [0.25, 0.3) is 11.5 Å². The van der Waals surface area contributed by atoms with E-state index in [1.807, 2.05) is 78.9 Å². The molecule has 0 spiro atoms. The number of carbonyl (C=O) groups is 1. The van der Waals surface area contributed by atoms with E-state index in [0.29, 0.717) is 28.6 Å². The fourth-order valence-corrected chi connectivity index (χ4v) is 6.02. The summed E-state index contributed by atoms with van der Waals surface area (Å²) in [5.41, 5.74) is 3.80. The van der Waals surface area contributed by atoms with Gasteiger partial charge in [0, 0.05) is 54.9 Å². The molecule has 6 rings (SSSR count). The van der Waals surface area contributed by atoms with E-state index in [0.717, 1.165) is 49.5 Å². The number of carbonyl (C=O) groups excluding carboxylic acids is 1. The number of rotatable bonds is 8. The number of nitrogens with one attached hydrogen (secondary N) is 1. The largest absolute Gasteiger partial charge is 0.369 e. The van der Waals surface area contributed by atoms with Gasteiger partial charge in [-0.05, 0) is 54.4 Å². The van der Waals surface area contributed by atoms with E-state index in [-0.39, 0.29) is 23.3 Å². The van der Waals surface area contributed by atoms with Gasteiger partial charge >= 0.3 is 0 Å². The van der Waals surface area contributed by atoms with Crippen molar-refractivity contribution in [1.29, 1.82) is 0 Å². The Morgan fingerprint density at radius 2 is 1.37 bits per heavy atom. The molecule has 1 aromatic heterocycles. The molecule has 6 nitrogen and oxygen atoms in total. The van der Waals surface area contributed by atoms with Crippen LogP contribution in [0, 0.1) is 5.82 Å². The zero-order chi connectivity index (χ0) is 29.8. The number of anilines is 1. The van der Waals surface area contributed by atoms with E-state index in [1.54, 1.807) is 22.8 Å². The molecule has 1 atom stereocenters. The lowest BCUT2D eigenvalue weighted by Gasteiger charge is -2.36. The average molecular weight is 575 g/mol. The maximum Gasteiger partial charge on any atom is 0.263 e. The van der Waals surface area contributed by atoms with Crippen molar-refractivity contribution in [3.05, 3.63) is 142 Å². The number of piperazine rings is 1. The summed E-state index contributed by atoms with van der Waals surface area (Å²) < 4.78 is 15.2. The summed E-state index contributed by atoms with van der Waals surface area (Å²) in [6, 6.07) is 33.3. The van der Waals surface area contributed by atoms with Gasteiger partial charge in [-0.1, -0.05) is 73.7 Å². The van der Waals surface area contributed by atoms with Gasteiger partial charge in [0.05, 0.1) is 17.3 Å². The summed E-state index contributed by atoms with van der Waals surface area (Å²) in [6.45, 7) is 5.45. The number of hydrogen-bond donors (Lipinski definition) is 1. The number of nitrogens with zero attached hydrogens (tertiary/aromatic N) is 3. The molecule has 1 aliphatic rings. The summed E-state index contributed by atoms with van der Waals surface area (Å²) in [4.78, 5) is 33.0. The highest BCUT2D eigenvalue weighted by Gasteiger charge is 2.27. The minimum Gasteiger partial charge on any atom is -0.369 e. The van der Waals surface area contributed by atoms with E-state index in [9.17, 15) is 14.0 Å². The van der Waals surface area contributed by atoms with E-state index < -0.39 is 0 Å². The predicted molar refractivity (Wildman–Crippen MR) is 170 cm³/mol. The predicted octanol–water partition coefficient (Wildman–Crippen LogP) is 6.33. The Bertz CT molecular complexity index is 1760. The highest BCUT2D eigenvalue weighted by atomic mass is 19.1. The fraction of sp³-hybridized carbons (Fsp3) is 0.222. The van der Waals surface area contributed by atoms with Crippen molar-refractivity contribution in [3.8, 4) is 5.69 Å². The van der Waals surface area contributed by atoms with Crippen LogP contribution >= 0.6 is 0 Å². The molecule has 218 valence electrons. The van der Waals surface area contributed by atoms with Crippen molar-refractivity contribution in [1.82, 2.24) is 14.8 Å². The second kappa shape index (κ2) is 12.6. The number of amides is 1. The molecule has 43 heavy (non-hydrogen) atoms. The van der Waals surface area contributed by atoms with Crippen LogP contribution in [0.25, 0.3) is 16.5 Å². The molecule has 1 fully saturated rings. The molecular weight excluding hydrogens is 539 g/mol. The maximum absolute atomic E-state index is 14.3. The maximum atomic E-state index is 14.3. The molecule has 0 unspecified atom stereocenters. The number of hydrogen-bond acceptors (Lipinski definition) is 4. The van der Waals surface area contributed by atoms with Gasteiger partial charge in [-0.15, -0.1) is 0 Å². The number of aromatic nitrogens is 1. The molecule has 2 heterocycles. The Morgan fingerprint density at radius 1 is 0.767 bits per heavy atom. The van der Waals surface area contributed by atoms with Crippen LogP contribution in [-0.4, -0.2) is 41.6 Å². The number of benzene rings is 4. The Balaban J connectivity index is 1.41. The van der Waals surface area contributed by atoms with Crippen LogP contribution in [0.4, 0.5) is 10.1 Å². The first-order valence-corrected chi connectivity index (χ1v) is 14.8. The van der Waals surface area contributed by atoms with Crippen LogP contribution in [0.5, 0.6) is 0 Å². The SMILES string of the molecule is CC[C@H](NC(=O)c1c(CN2CCN(c3ccc(F)cc3)CC2)n(-c2ccccc2)c(=O)c2ccccc12)c1ccccc1. The summed E-state index contributed by atoms with van der Waals surface area (Å²) >= 11 is 0. The molecule has 0 aliphatic carbocycles.